The maximum atomic E-state index is 9.32. The molecule has 3 nitrogen and oxygen atoms in total. The lowest BCUT2D eigenvalue weighted by Crippen LogP contribution is -2.17. The number of phenols is 2. The van der Waals surface area contributed by atoms with Gasteiger partial charge in [0.05, 0.1) is 0 Å². The van der Waals surface area contributed by atoms with E-state index in [1.54, 1.807) is 0 Å². The van der Waals surface area contributed by atoms with Gasteiger partial charge in [0.1, 0.15) is 11.5 Å². The Morgan fingerprint density at radius 1 is 1.42 bits per heavy atom. The second-order valence-electron chi connectivity index (χ2n) is 2.99. The first-order chi connectivity index (χ1) is 5.59. The molecule has 0 amide bonds. The lowest BCUT2D eigenvalue weighted by atomic mass is 10.1. The van der Waals surface area contributed by atoms with Crippen LogP contribution in [0.2, 0.25) is 0 Å². The molecule has 0 saturated heterocycles. The molecule has 0 aliphatic heterocycles. The van der Waals surface area contributed by atoms with Crippen LogP contribution >= 0.6 is 0 Å². The van der Waals surface area contributed by atoms with Gasteiger partial charge in [-0.2, -0.15) is 0 Å². The molecule has 0 saturated carbocycles. The zero-order chi connectivity index (χ0) is 9.14. The molecule has 0 unspecified atom stereocenters. The number of nitrogens with two attached hydrogens (primary N) is 1. The molecule has 0 spiro atoms. The Balaban J connectivity index is 2.90. The van der Waals surface area contributed by atoms with Crippen LogP contribution < -0.4 is 5.73 Å². The molecular weight excluding hydrogens is 154 g/mol. The van der Waals surface area contributed by atoms with Crippen LogP contribution in [0.5, 0.6) is 11.5 Å². The number of benzene rings is 1. The van der Waals surface area contributed by atoms with Gasteiger partial charge in [-0.15, -0.1) is 0 Å². The van der Waals surface area contributed by atoms with Crippen molar-refractivity contribution < 1.29 is 10.2 Å². The van der Waals surface area contributed by atoms with Gasteiger partial charge in [0.2, 0.25) is 0 Å². The van der Waals surface area contributed by atoms with Crippen LogP contribution in [0.15, 0.2) is 18.2 Å². The predicted molar refractivity (Wildman–Crippen MR) is 47.1 cm³/mol. The number of hydrogen-bond donors (Lipinski definition) is 3. The fraction of sp³-hybridized carbons (Fsp3) is 0.333. The van der Waals surface area contributed by atoms with Crippen LogP contribution in [0, 0.1) is 0 Å². The Bertz CT molecular complexity index is 271. The molecule has 12 heavy (non-hydrogen) atoms. The molecule has 1 atom stereocenters. The summed E-state index contributed by atoms with van der Waals surface area (Å²) in [5.74, 6) is 0.341. The van der Waals surface area contributed by atoms with E-state index in [1.165, 1.54) is 18.2 Å². The van der Waals surface area contributed by atoms with Crippen molar-refractivity contribution in [3.05, 3.63) is 23.8 Å². The number of phenolic OH excluding ortho intramolecular Hbond substituents is 2. The lowest BCUT2D eigenvalue weighted by Gasteiger charge is -2.07. The van der Waals surface area contributed by atoms with Crippen LogP contribution in [0.4, 0.5) is 0 Å². The third-order valence-corrected chi connectivity index (χ3v) is 1.60. The molecular formula is C9H13NO2. The zero-order valence-corrected chi connectivity index (χ0v) is 6.99. The van der Waals surface area contributed by atoms with E-state index in [-0.39, 0.29) is 17.5 Å². The molecule has 3 heteroatoms. The van der Waals surface area contributed by atoms with E-state index in [4.69, 9.17) is 10.8 Å². The third kappa shape index (κ3) is 2.13. The summed E-state index contributed by atoms with van der Waals surface area (Å²) in [4.78, 5) is 0. The Labute approximate surface area is 71.5 Å². The normalized spacial score (nSPS) is 12.8. The minimum Gasteiger partial charge on any atom is -0.508 e. The molecule has 0 fully saturated rings. The monoisotopic (exact) mass is 167 g/mol. The highest BCUT2D eigenvalue weighted by Crippen LogP contribution is 2.22. The predicted octanol–water partition coefficient (Wildman–Crippen LogP) is 0.987. The number of hydrogen-bond acceptors (Lipinski definition) is 3. The van der Waals surface area contributed by atoms with Crippen molar-refractivity contribution in [2.24, 2.45) is 5.73 Å². The minimum atomic E-state index is -0.0160. The summed E-state index contributed by atoms with van der Waals surface area (Å²) < 4.78 is 0. The average Bonchev–Trinajstić information content (AvgIpc) is 1.96. The summed E-state index contributed by atoms with van der Waals surface area (Å²) in [7, 11) is 0. The Morgan fingerprint density at radius 2 is 2.08 bits per heavy atom. The van der Waals surface area contributed by atoms with Gasteiger partial charge in [-0.1, -0.05) is 0 Å². The molecule has 1 aromatic rings. The summed E-state index contributed by atoms with van der Waals surface area (Å²) >= 11 is 0. The van der Waals surface area contributed by atoms with Gasteiger partial charge in [-0.05, 0) is 37.1 Å². The van der Waals surface area contributed by atoms with Gasteiger partial charge >= 0.3 is 0 Å². The highest BCUT2D eigenvalue weighted by atomic mass is 16.3. The molecule has 0 aromatic heterocycles. The first-order valence-corrected chi connectivity index (χ1v) is 3.86. The molecule has 1 rings (SSSR count). The standard InChI is InChI=1S/C9H13NO2/c1-6(10)4-7-5-8(11)2-3-9(7)12/h2-3,5-6,11-12H,4,10H2,1H3/t6-/m1/s1. The van der Waals surface area contributed by atoms with Crippen LogP contribution in [0.25, 0.3) is 0 Å². The van der Waals surface area contributed by atoms with Crippen molar-refractivity contribution in [2.45, 2.75) is 19.4 Å². The van der Waals surface area contributed by atoms with E-state index < -0.39 is 0 Å². The second kappa shape index (κ2) is 3.45. The van der Waals surface area contributed by atoms with Crippen LogP contribution in [0.3, 0.4) is 0 Å². The molecule has 4 N–H and O–H groups in total. The van der Waals surface area contributed by atoms with Crippen molar-refractivity contribution in [2.75, 3.05) is 0 Å². The summed E-state index contributed by atoms with van der Waals surface area (Å²) in [5.41, 5.74) is 6.24. The van der Waals surface area contributed by atoms with E-state index in [2.05, 4.69) is 0 Å². The molecule has 66 valence electrons. The maximum Gasteiger partial charge on any atom is 0.119 e. The van der Waals surface area contributed by atoms with Crippen LogP contribution in [-0.4, -0.2) is 16.3 Å². The van der Waals surface area contributed by atoms with Crippen molar-refractivity contribution >= 4 is 0 Å². The minimum absolute atomic E-state index is 0.0160. The Kier molecular flexibility index (Phi) is 2.55. The molecule has 1 aromatic carbocycles. The molecule has 0 aliphatic carbocycles. The summed E-state index contributed by atoms with van der Waals surface area (Å²) in [6.07, 6.45) is 0.570. The van der Waals surface area contributed by atoms with Gasteiger partial charge in [0, 0.05) is 6.04 Å². The maximum absolute atomic E-state index is 9.32. The number of aromatic hydroxyl groups is 2. The van der Waals surface area contributed by atoms with E-state index >= 15 is 0 Å². The van der Waals surface area contributed by atoms with Gasteiger partial charge in [-0.3, -0.25) is 0 Å². The smallest absolute Gasteiger partial charge is 0.119 e. The van der Waals surface area contributed by atoms with E-state index in [1.807, 2.05) is 6.92 Å². The quantitative estimate of drug-likeness (QED) is 0.575. The fourth-order valence-electron chi connectivity index (χ4n) is 1.08. The van der Waals surface area contributed by atoms with Crippen molar-refractivity contribution in [1.29, 1.82) is 0 Å². The van der Waals surface area contributed by atoms with Crippen LogP contribution in [0.1, 0.15) is 12.5 Å². The fourth-order valence-corrected chi connectivity index (χ4v) is 1.08. The Hall–Kier alpha value is -1.22. The van der Waals surface area contributed by atoms with E-state index in [0.29, 0.717) is 12.0 Å². The molecule has 0 aliphatic rings. The largest absolute Gasteiger partial charge is 0.508 e. The first-order valence-electron chi connectivity index (χ1n) is 3.86. The van der Waals surface area contributed by atoms with Crippen LogP contribution in [-0.2, 0) is 6.42 Å². The topological polar surface area (TPSA) is 66.5 Å². The van der Waals surface area contributed by atoms with Crippen molar-refractivity contribution in [1.82, 2.24) is 0 Å². The lowest BCUT2D eigenvalue weighted by molar-refractivity contribution is 0.452. The summed E-state index contributed by atoms with van der Waals surface area (Å²) in [5, 5.41) is 18.4. The van der Waals surface area contributed by atoms with Gasteiger partial charge in [0.25, 0.3) is 0 Å². The van der Waals surface area contributed by atoms with Crippen molar-refractivity contribution in [3.8, 4) is 11.5 Å². The SMILES string of the molecule is C[C@@H](N)Cc1cc(O)ccc1O. The molecule has 0 heterocycles. The van der Waals surface area contributed by atoms with Crippen molar-refractivity contribution in [3.63, 3.8) is 0 Å². The molecule has 0 radical (unpaired) electrons. The highest BCUT2D eigenvalue weighted by Gasteiger charge is 2.04. The summed E-state index contributed by atoms with van der Waals surface area (Å²) in [6, 6.07) is 4.42. The van der Waals surface area contributed by atoms with E-state index in [0.717, 1.165) is 0 Å². The first kappa shape index (κ1) is 8.87. The zero-order valence-electron chi connectivity index (χ0n) is 6.99. The van der Waals surface area contributed by atoms with Gasteiger partial charge in [-0.25, -0.2) is 0 Å². The van der Waals surface area contributed by atoms with E-state index in [9.17, 15) is 5.11 Å². The Morgan fingerprint density at radius 3 is 2.67 bits per heavy atom. The number of rotatable bonds is 2. The second-order valence-corrected chi connectivity index (χ2v) is 2.99. The molecule has 0 bridgehead atoms. The third-order valence-electron chi connectivity index (χ3n) is 1.60. The highest BCUT2D eigenvalue weighted by molar-refractivity contribution is 5.38. The average molecular weight is 167 g/mol. The van der Waals surface area contributed by atoms with Gasteiger partial charge < -0.3 is 15.9 Å². The summed E-state index contributed by atoms with van der Waals surface area (Å²) in [6.45, 7) is 1.85. The van der Waals surface area contributed by atoms with Gasteiger partial charge in [0.15, 0.2) is 0 Å².